The average Bonchev–Trinajstić information content (AvgIpc) is 1.99. The summed E-state index contributed by atoms with van der Waals surface area (Å²) in [6.07, 6.45) is 3.46. The van der Waals surface area contributed by atoms with Crippen LogP contribution in [0, 0.1) is 0 Å². The highest BCUT2D eigenvalue weighted by Gasteiger charge is 1.94. The third kappa shape index (κ3) is 7.16. The van der Waals surface area contributed by atoms with Crippen molar-refractivity contribution >= 4 is 6.03 Å². The predicted molar refractivity (Wildman–Crippen MR) is 46.6 cm³/mol. The van der Waals surface area contributed by atoms with Gasteiger partial charge in [0.2, 0.25) is 0 Å². The maximum Gasteiger partial charge on any atom is 0.314 e. The monoisotopic (exact) mass is 158 g/mol. The Bertz CT molecular complexity index is 104. The van der Waals surface area contributed by atoms with Crippen molar-refractivity contribution in [3.8, 4) is 0 Å². The van der Waals surface area contributed by atoms with Crippen LogP contribution in [0.4, 0.5) is 4.79 Å². The minimum atomic E-state index is -0.0522. The molecule has 0 fully saturated rings. The van der Waals surface area contributed by atoms with E-state index >= 15 is 0 Å². The Morgan fingerprint density at radius 3 is 2.45 bits per heavy atom. The Hall–Kier alpha value is -0.730. The Labute approximate surface area is 68.6 Å². The van der Waals surface area contributed by atoms with Crippen LogP contribution in [0.2, 0.25) is 0 Å². The van der Waals surface area contributed by atoms with Crippen LogP contribution in [0.25, 0.3) is 0 Å². The number of carbonyl (C=O) groups excluding carboxylic acids is 1. The van der Waals surface area contributed by atoms with Crippen molar-refractivity contribution < 1.29 is 4.79 Å². The molecule has 0 aliphatic heterocycles. The summed E-state index contributed by atoms with van der Waals surface area (Å²) in [6, 6.07) is -0.0522. The molecular formula is C8H18N2O. The van der Waals surface area contributed by atoms with Gasteiger partial charge in [0, 0.05) is 13.1 Å². The summed E-state index contributed by atoms with van der Waals surface area (Å²) in [7, 11) is 0. The van der Waals surface area contributed by atoms with E-state index in [4.69, 9.17) is 0 Å². The fourth-order valence-electron chi connectivity index (χ4n) is 0.800. The van der Waals surface area contributed by atoms with Crippen LogP contribution in [-0.4, -0.2) is 19.1 Å². The molecule has 0 aromatic rings. The van der Waals surface area contributed by atoms with Crippen molar-refractivity contribution in [1.29, 1.82) is 0 Å². The van der Waals surface area contributed by atoms with Crippen LogP contribution >= 0.6 is 0 Å². The summed E-state index contributed by atoms with van der Waals surface area (Å²) in [4.78, 5) is 10.8. The van der Waals surface area contributed by atoms with E-state index in [9.17, 15) is 4.79 Å². The molecule has 0 aliphatic rings. The SMILES string of the molecule is CCCCCNC(=O)NCC. The van der Waals surface area contributed by atoms with Gasteiger partial charge in [-0.25, -0.2) is 4.79 Å². The quantitative estimate of drug-likeness (QED) is 0.585. The van der Waals surface area contributed by atoms with Crippen LogP contribution in [0.3, 0.4) is 0 Å². The summed E-state index contributed by atoms with van der Waals surface area (Å²) in [5.41, 5.74) is 0. The highest BCUT2D eigenvalue weighted by atomic mass is 16.2. The highest BCUT2D eigenvalue weighted by molar-refractivity contribution is 5.73. The molecule has 3 heteroatoms. The normalized spacial score (nSPS) is 9.27. The topological polar surface area (TPSA) is 41.1 Å². The van der Waals surface area contributed by atoms with Crippen LogP contribution in [0.1, 0.15) is 33.1 Å². The number of rotatable bonds is 5. The van der Waals surface area contributed by atoms with E-state index in [0.717, 1.165) is 13.0 Å². The fourth-order valence-corrected chi connectivity index (χ4v) is 0.800. The van der Waals surface area contributed by atoms with Gasteiger partial charge < -0.3 is 10.6 Å². The van der Waals surface area contributed by atoms with Crippen LogP contribution in [0.15, 0.2) is 0 Å². The van der Waals surface area contributed by atoms with Gasteiger partial charge >= 0.3 is 6.03 Å². The molecule has 0 atom stereocenters. The largest absolute Gasteiger partial charge is 0.338 e. The first-order valence-electron chi connectivity index (χ1n) is 4.33. The molecule has 0 rings (SSSR count). The van der Waals surface area contributed by atoms with Crippen molar-refractivity contribution in [2.75, 3.05) is 13.1 Å². The molecule has 0 spiro atoms. The predicted octanol–water partition coefficient (Wildman–Crippen LogP) is 1.50. The number of hydrogen-bond acceptors (Lipinski definition) is 1. The van der Waals surface area contributed by atoms with Gasteiger partial charge in [-0.15, -0.1) is 0 Å². The first-order chi connectivity index (χ1) is 5.31. The zero-order chi connectivity index (χ0) is 8.53. The smallest absolute Gasteiger partial charge is 0.314 e. The van der Waals surface area contributed by atoms with Gasteiger partial charge in [0.15, 0.2) is 0 Å². The van der Waals surface area contributed by atoms with Crippen molar-refractivity contribution in [3.05, 3.63) is 0 Å². The van der Waals surface area contributed by atoms with Gasteiger partial charge in [-0.1, -0.05) is 19.8 Å². The number of carbonyl (C=O) groups is 1. The van der Waals surface area contributed by atoms with Crippen LogP contribution in [0.5, 0.6) is 0 Å². The maximum atomic E-state index is 10.8. The minimum absolute atomic E-state index is 0.0522. The van der Waals surface area contributed by atoms with E-state index in [0.29, 0.717) is 6.54 Å². The molecule has 0 radical (unpaired) electrons. The molecule has 66 valence electrons. The average molecular weight is 158 g/mol. The van der Waals surface area contributed by atoms with E-state index in [1.165, 1.54) is 12.8 Å². The zero-order valence-electron chi connectivity index (χ0n) is 7.44. The molecule has 3 nitrogen and oxygen atoms in total. The number of hydrogen-bond donors (Lipinski definition) is 2. The lowest BCUT2D eigenvalue weighted by Crippen LogP contribution is -2.35. The molecule has 0 saturated carbocycles. The lowest BCUT2D eigenvalue weighted by molar-refractivity contribution is 0.241. The van der Waals surface area contributed by atoms with Crippen molar-refractivity contribution in [3.63, 3.8) is 0 Å². The third-order valence-corrected chi connectivity index (χ3v) is 1.40. The molecule has 0 unspecified atom stereocenters. The third-order valence-electron chi connectivity index (χ3n) is 1.40. The van der Waals surface area contributed by atoms with Gasteiger partial charge in [-0.3, -0.25) is 0 Å². The first-order valence-corrected chi connectivity index (χ1v) is 4.33. The molecular weight excluding hydrogens is 140 g/mol. The first kappa shape index (κ1) is 10.3. The zero-order valence-corrected chi connectivity index (χ0v) is 7.44. The molecule has 2 amide bonds. The molecule has 0 aromatic carbocycles. The summed E-state index contributed by atoms with van der Waals surface area (Å²) in [5.74, 6) is 0. The lowest BCUT2D eigenvalue weighted by atomic mass is 10.2. The van der Waals surface area contributed by atoms with Gasteiger partial charge in [0.05, 0.1) is 0 Å². The maximum absolute atomic E-state index is 10.8. The van der Waals surface area contributed by atoms with Gasteiger partial charge in [0.1, 0.15) is 0 Å². The Morgan fingerprint density at radius 2 is 1.91 bits per heavy atom. The van der Waals surface area contributed by atoms with E-state index in [2.05, 4.69) is 17.6 Å². The van der Waals surface area contributed by atoms with E-state index in [-0.39, 0.29) is 6.03 Å². The summed E-state index contributed by atoms with van der Waals surface area (Å²) in [6.45, 7) is 5.54. The van der Waals surface area contributed by atoms with E-state index in [1.54, 1.807) is 0 Å². The van der Waals surface area contributed by atoms with Gasteiger partial charge in [0.25, 0.3) is 0 Å². The van der Waals surface area contributed by atoms with Crippen LogP contribution in [-0.2, 0) is 0 Å². The Kier molecular flexibility index (Phi) is 6.89. The standard InChI is InChI=1S/C8H18N2O/c1-3-5-6-7-10-8(11)9-4-2/h3-7H2,1-2H3,(H2,9,10,11). The number of amides is 2. The van der Waals surface area contributed by atoms with Crippen molar-refractivity contribution in [2.24, 2.45) is 0 Å². The summed E-state index contributed by atoms with van der Waals surface area (Å²) < 4.78 is 0. The summed E-state index contributed by atoms with van der Waals surface area (Å²) in [5, 5.41) is 5.44. The van der Waals surface area contributed by atoms with Gasteiger partial charge in [-0.05, 0) is 13.3 Å². The minimum Gasteiger partial charge on any atom is -0.338 e. The molecule has 0 heterocycles. The second-order valence-electron chi connectivity index (χ2n) is 2.49. The van der Waals surface area contributed by atoms with Crippen molar-refractivity contribution in [2.45, 2.75) is 33.1 Å². The molecule has 0 aliphatic carbocycles. The molecule has 0 saturated heterocycles. The molecule has 0 aromatic heterocycles. The molecule has 0 bridgehead atoms. The van der Waals surface area contributed by atoms with E-state index in [1.807, 2.05) is 6.92 Å². The Morgan fingerprint density at radius 1 is 1.18 bits per heavy atom. The summed E-state index contributed by atoms with van der Waals surface area (Å²) >= 11 is 0. The van der Waals surface area contributed by atoms with Crippen molar-refractivity contribution in [1.82, 2.24) is 10.6 Å². The second kappa shape index (κ2) is 7.38. The van der Waals surface area contributed by atoms with Crippen LogP contribution < -0.4 is 10.6 Å². The number of unbranched alkanes of at least 4 members (excludes halogenated alkanes) is 2. The van der Waals surface area contributed by atoms with Gasteiger partial charge in [-0.2, -0.15) is 0 Å². The Balaban J connectivity index is 3.04. The second-order valence-corrected chi connectivity index (χ2v) is 2.49. The lowest BCUT2D eigenvalue weighted by Gasteiger charge is -2.03. The van der Waals surface area contributed by atoms with E-state index < -0.39 is 0 Å². The highest BCUT2D eigenvalue weighted by Crippen LogP contribution is 1.90. The molecule has 11 heavy (non-hydrogen) atoms. The molecule has 2 N–H and O–H groups in total. The number of nitrogens with one attached hydrogen (secondary N) is 2. The number of urea groups is 1. The fraction of sp³-hybridized carbons (Fsp3) is 0.875.